The smallest absolute Gasteiger partial charge is 0.303 e. The summed E-state index contributed by atoms with van der Waals surface area (Å²) in [6.07, 6.45) is 0.0963. The number of halogens is 2. The van der Waals surface area contributed by atoms with Crippen molar-refractivity contribution in [3.05, 3.63) is 34.9 Å². The van der Waals surface area contributed by atoms with Gasteiger partial charge in [-0.3, -0.25) is 4.79 Å². The molecule has 1 unspecified atom stereocenters. The number of rotatable bonds is 4. The Morgan fingerprint density at radius 2 is 2.12 bits per heavy atom. The lowest BCUT2D eigenvalue weighted by Crippen LogP contribution is -2.13. The zero-order valence-corrected chi connectivity index (χ0v) is 8.84. The number of hydrogen-bond donors (Lipinski definition) is 2. The molecule has 5 heteroatoms. The lowest BCUT2D eigenvalue weighted by atomic mass is 10.0. The van der Waals surface area contributed by atoms with Gasteiger partial charge in [-0.15, -0.1) is 0 Å². The van der Waals surface area contributed by atoms with Crippen LogP contribution in [0.4, 0.5) is 8.78 Å². The van der Waals surface area contributed by atoms with Crippen molar-refractivity contribution in [3.8, 4) is 0 Å². The molecule has 0 amide bonds. The Kier molecular flexibility index (Phi) is 3.95. The van der Waals surface area contributed by atoms with Crippen molar-refractivity contribution in [3.63, 3.8) is 0 Å². The molecule has 1 rings (SSSR count). The second-order valence-corrected chi connectivity index (χ2v) is 3.67. The van der Waals surface area contributed by atoms with E-state index in [2.05, 4.69) is 0 Å². The first-order valence-corrected chi connectivity index (χ1v) is 4.84. The average Bonchev–Trinajstić information content (AvgIpc) is 2.21. The Balaban J connectivity index is 2.84. The summed E-state index contributed by atoms with van der Waals surface area (Å²) >= 11 is 0. The van der Waals surface area contributed by atoms with Crippen LogP contribution in [0.3, 0.4) is 0 Å². The van der Waals surface area contributed by atoms with Crippen molar-refractivity contribution in [1.29, 1.82) is 0 Å². The van der Waals surface area contributed by atoms with E-state index in [9.17, 15) is 13.6 Å². The van der Waals surface area contributed by atoms with Crippen LogP contribution in [0.25, 0.3) is 0 Å². The molecule has 1 aromatic carbocycles. The van der Waals surface area contributed by atoms with Crippen molar-refractivity contribution in [1.82, 2.24) is 0 Å². The molecule has 0 bridgehead atoms. The van der Waals surface area contributed by atoms with E-state index >= 15 is 0 Å². The molecule has 0 aromatic heterocycles. The predicted octanol–water partition coefficient (Wildman–Crippen LogP) is 2.14. The van der Waals surface area contributed by atoms with E-state index in [-0.39, 0.29) is 18.4 Å². The summed E-state index contributed by atoms with van der Waals surface area (Å²) in [5, 5.41) is 8.47. The molecular formula is C11H13F2NO2. The van der Waals surface area contributed by atoms with Gasteiger partial charge in [0.1, 0.15) is 0 Å². The van der Waals surface area contributed by atoms with E-state index in [1.807, 2.05) is 0 Å². The van der Waals surface area contributed by atoms with Gasteiger partial charge in [-0.25, -0.2) is 8.78 Å². The van der Waals surface area contributed by atoms with E-state index in [0.29, 0.717) is 5.56 Å². The monoisotopic (exact) mass is 229 g/mol. The Morgan fingerprint density at radius 1 is 1.50 bits per heavy atom. The standard InChI is InChI=1S/C11H13F2NO2/c1-6-4-7(5-8(12)11(6)13)9(14)2-3-10(15)16/h4-5,9H,2-3,14H2,1H3,(H,15,16). The minimum absolute atomic E-state index is 0.0980. The summed E-state index contributed by atoms with van der Waals surface area (Å²) in [6, 6.07) is 1.85. The maximum Gasteiger partial charge on any atom is 0.303 e. The van der Waals surface area contributed by atoms with Crippen LogP contribution in [-0.4, -0.2) is 11.1 Å². The number of aryl methyl sites for hydroxylation is 1. The first-order chi connectivity index (χ1) is 7.41. The van der Waals surface area contributed by atoms with Gasteiger partial charge in [-0.1, -0.05) is 6.07 Å². The van der Waals surface area contributed by atoms with Crippen LogP contribution in [-0.2, 0) is 4.79 Å². The maximum atomic E-state index is 13.1. The first-order valence-electron chi connectivity index (χ1n) is 4.84. The molecule has 3 nitrogen and oxygen atoms in total. The van der Waals surface area contributed by atoms with Gasteiger partial charge in [0.15, 0.2) is 11.6 Å². The van der Waals surface area contributed by atoms with Gasteiger partial charge < -0.3 is 10.8 Å². The molecule has 1 aromatic rings. The van der Waals surface area contributed by atoms with E-state index < -0.39 is 23.6 Å². The molecule has 0 spiro atoms. The second kappa shape index (κ2) is 5.03. The van der Waals surface area contributed by atoms with Gasteiger partial charge in [0.2, 0.25) is 0 Å². The number of aliphatic carboxylic acids is 1. The quantitative estimate of drug-likeness (QED) is 0.831. The van der Waals surface area contributed by atoms with Gasteiger partial charge in [0.25, 0.3) is 0 Å². The van der Waals surface area contributed by atoms with Crippen LogP contribution in [0.15, 0.2) is 12.1 Å². The second-order valence-electron chi connectivity index (χ2n) is 3.67. The van der Waals surface area contributed by atoms with Crippen LogP contribution in [0.2, 0.25) is 0 Å². The molecule has 0 aliphatic carbocycles. The average molecular weight is 229 g/mol. The van der Waals surface area contributed by atoms with Crippen molar-refractivity contribution < 1.29 is 18.7 Å². The topological polar surface area (TPSA) is 63.3 Å². The highest BCUT2D eigenvalue weighted by Crippen LogP contribution is 2.21. The fourth-order valence-corrected chi connectivity index (χ4v) is 1.41. The minimum atomic E-state index is -0.963. The predicted molar refractivity (Wildman–Crippen MR) is 54.9 cm³/mol. The zero-order chi connectivity index (χ0) is 12.3. The number of carboxylic acids is 1. The highest BCUT2D eigenvalue weighted by atomic mass is 19.2. The Morgan fingerprint density at radius 3 is 2.62 bits per heavy atom. The van der Waals surface area contributed by atoms with E-state index in [1.54, 1.807) is 0 Å². The Labute approximate surface area is 91.9 Å². The van der Waals surface area contributed by atoms with Gasteiger partial charge in [-0.2, -0.15) is 0 Å². The molecule has 1 atom stereocenters. The summed E-state index contributed by atoms with van der Waals surface area (Å²) < 4.78 is 26.0. The van der Waals surface area contributed by atoms with Crippen molar-refractivity contribution in [2.75, 3.05) is 0 Å². The van der Waals surface area contributed by atoms with Gasteiger partial charge in [0, 0.05) is 12.5 Å². The summed E-state index contributed by atoms with van der Waals surface area (Å²) in [5.74, 6) is -2.82. The van der Waals surface area contributed by atoms with Crippen molar-refractivity contribution >= 4 is 5.97 Å². The van der Waals surface area contributed by atoms with E-state index in [1.165, 1.54) is 13.0 Å². The third-order valence-electron chi connectivity index (χ3n) is 2.33. The normalized spacial score (nSPS) is 12.5. The van der Waals surface area contributed by atoms with Crippen LogP contribution in [0, 0.1) is 18.6 Å². The number of carbonyl (C=O) groups is 1. The molecule has 88 valence electrons. The van der Waals surface area contributed by atoms with Gasteiger partial charge in [0.05, 0.1) is 0 Å². The number of hydrogen-bond acceptors (Lipinski definition) is 2. The van der Waals surface area contributed by atoms with E-state index in [4.69, 9.17) is 10.8 Å². The minimum Gasteiger partial charge on any atom is -0.481 e. The number of carboxylic acid groups (broad SMARTS) is 1. The van der Waals surface area contributed by atoms with Crippen LogP contribution in [0.1, 0.15) is 30.0 Å². The van der Waals surface area contributed by atoms with Gasteiger partial charge in [-0.05, 0) is 30.5 Å². The summed E-state index contributed by atoms with van der Waals surface area (Å²) in [6.45, 7) is 1.44. The molecule has 3 N–H and O–H groups in total. The molecule has 0 heterocycles. The van der Waals surface area contributed by atoms with Gasteiger partial charge >= 0.3 is 5.97 Å². The molecule has 0 saturated heterocycles. The summed E-state index contributed by atoms with van der Waals surface area (Å²) in [5.41, 5.74) is 6.26. The molecule has 0 aliphatic rings. The van der Waals surface area contributed by atoms with E-state index in [0.717, 1.165) is 6.07 Å². The lowest BCUT2D eigenvalue weighted by molar-refractivity contribution is -0.137. The lowest BCUT2D eigenvalue weighted by Gasteiger charge is -2.12. The largest absolute Gasteiger partial charge is 0.481 e. The molecular weight excluding hydrogens is 216 g/mol. The third-order valence-corrected chi connectivity index (χ3v) is 2.33. The highest BCUT2D eigenvalue weighted by Gasteiger charge is 2.13. The summed E-state index contributed by atoms with van der Waals surface area (Å²) in [7, 11) is 0. The maximum absolute atomic E-state index is 13.1. The number of nitrogens with two attached hydrogens (primary N) is 1. The highest BCUT2D eigenvalue weighted by molar-refractivity contribution is 5.66. The molecule has 0 fully saturated rings. The van der Waals surface area contributed by atoms with Crippen molar-refractivity contribution in [2.45, 2.75) is 25.8 Å². The fourth-order valence-electron chi connectivity index (χ4n) is 1.41. The van der Waals surface area contributed by atoms with Crippen LogP contribution in [0.5, 0.6) is 0 Å². The first kappa shape index (κ1) is 12.6. The fraction of sp³-hybridized carbons (Fsp3) is 0.364. The molecule has 0 saturated carbocycles. The SMILES string of the molecule is Cc1cc(C(N)CCC(=O)O)cc(F)c1F. The Hall–Kier alpha value is -1.49. The summed E-state index contributed by atoms with van der Waals surface area (Å²) in [4.78, 5) is 10.3. The third kappa shape index (κ3) is 3.00. The molecule has 0 aliphatic heterocycles. The molecule has 0 radical (unpaired) electrons. The molecule has 16 heavy (non-hydrogen) atoms. The number of benzene rings is 1. The Bertz CT molecular complexity index is 384. The van der Waals surface area contributed by atoms with Crippen molar-refractivity contribution in [2.24, 2.45) is 5.73 Å². The van der Waals surface area contributed by atoms with Crippen LogP contribution < -0.4 is 5.73 Å². The van der Waals surface area contributed by atoms with Crippen LogP contribution >= 0.6 is 0 Å². The zero-order valence-electron chi connectivity index (χ0n) is 8.84.